The van der Waals surface area contributed by atoms with E-state index in [0.717, 1.165) is 12.1 Å². The minimum absolute atomic E-state index is 0.120. The van der Waals surface area contributed by atoms with Crippen molar-refractivity contribution in [3.05, 3.63) is 82.0 Å². The summed E-state index contributed by atoms with van der Waals surface area (Å²) in [7, 11) is 1.72. The van der Waals surface area contributed by atoms with E-state index < -0.39 is 17.3 Å². The van der Waals surface area contributed by atoms with E-state index in [-0.39, 0.29) is 16.8 Å². The topological polar surface area (TPSA) is 92.2 Å². The summed E-state index contributed by atoms with van der Waals surface area (Å²) in [4.78, 5) is 25.2. The number of nitriles is 1. The van der Waals surface area contributed by atoms with E-state index in [4.69, 9.17) is 0 Å². The number of Topliss-reactive ketones (excluding diaryl/α,β-unsaturated/α-hetero) is 1. The second-order valence-corrected chi connectivity index (χ2v) is 5.96. The third kappa shape index (κ3) is 3.46. The van der Waals surface area contributed by atoms with Crippen molar-refractivity contribution in [3.63, 3.8) is 0 Å². The highest BCUT2D eigenvalue weighted by molar-refractivity contribution is 6.51. The summed E-state index contributed by atoms with van der Waals surface area (Å²) in [6.07, 6.45) is 0. The molecule has 3 rings (SSSR count). The fourth-order valence-electron chi connectivity index (χ4n) is 2.67. The molecule has 0 aliphatic rings. The van der Waals surface area contributed by atoms with Crippen molar-refractivity contribution in [2.45, 2.75) is 6.92 Å². The Morgan fingerprint density at radius 2 is 1.79 bits per heavy atom. The van der Waals surface area contributed by atoms with Gasteiger partial charge in [-0.15, -0.1) is 0 Å². The number of carbonyl (C=O) groups excluding carboxylic acids is 1. The highest BCUT2D eigenvalue weighted by Gasteiger charge is 2.18. The van der Waals surface area contributed by atoms with Crippen LogP contribution in [0.2, 0.25) is 0 Å². The van der Waals surface area contributed by atoms with Crippen molar-refractivity contribution in [1.29, 1.82) is 5.26 Å². The summed E-state index contributed by atoms with van der Waals surface area (Å²) in [6.45, 7) is 1.71. The summed E-state index contributed by atoms with van der Waals surface area (Å²) in [5, 5.41) is 13.1. The van der Waals surface area contributed by atoms with Gasteiger partial charge in [-0.05, 0) is 43.3 Å². The Morgan fingerprint density at radius 3 is 2.39 bits per heavy atom. The number of nitrogens with one attached hydrogen (secondary N) is 1. The van der Waals surface area contributed by atoms with Crippen molar-refractivity contribution >= 4 is 17.2 Å². The summed E-state index contributed by atoms with van der Waals surface area (Å²) in [6, 6.07) is 15.5. The van der Waals surface area contributed by atoms with Crippen LogP contribution in [0.15, 0.2) is 64.5 Å². The van der Waals surface area contributed by atoms with Gasteiger partial charge in [0.05, 0.1) is 11.4 Å². The molecule has 1 heterocycles. The van der Waals surface area contributed by atoms with Crippen LogP contribution in [-0.2, 0) is 7.05 Å². The second kappa shape index (κ2) is 7.72. The summed E-state index contributed by atoms with van der Waals surface area (Å²) < 4.78 is 16.1. The summed E-state index contributed by atoms with van der Waals surface area (Å²) >= 11 is 0. The van der Waals surface area contributed by atoms with Gasteiger partial charge in [0, 0.05) is 12.6 Å². The SMILES string of the molecule is Cc1c(NN=C(C#N)C(=O)c2ccc(F)cc2)c(=O)n(-c2ccccc2)n1C. The van der Waals surface area contributed by atoms with Crippen molar-refractivity contribution in [2.75, 3.05) is 5.43 Å². The van der Waals surface area contributed by atoms with E-state index in [1.165, 1.54) is 16.8 Å². The Labute approximate surface area is 159 Å². The predicted molar refractivity (Wildman–Crippen MR) is 103 cm³/mol. The number of rotatable bonds is 5. The van der Waals surface area contributed by atoms with Crippen molar-refractivity contribution < 1.29 is 9.18 Å². The number of hydrogen-bond donors (Lipinski definition) is 1. The Kier molecular flexibility index (Phi) is 5.18. The molecule has 8 heteroatoms. The highest BCUT2D eigenvalue weighted by Crippen LogP contribution is 2.14. The molecule has 2 aromatic carbocycles. The maximum atomic E-state index is 13.0. The number of halogens is 1. The normalized spacial score (nSPS) is 11.1. The van der Waals surface area contributed by atoms with Crippen LogP contribution in [0.25, 0.3) is 5.69 Å². The fourth-order valence-corrected chi connectivity index (χ4v) is 2.67. The molecule has 0 saturated carbocycles. The first-order valence-electron chi connectivity index (χ1n) is 8.32. The van der Waals surface area contributed by atoms with E-state index in [1.54, 1.807) is 36.9 Å². The van der Waals surface area contributed by atoms with Crippen molar-refractivity contribution in [2.24, 2.45) is 12.1 Å². The maximum absolute atomic E-state index is 13.0. The molecular weight excluding hydrogens is 361 g/mol. The molecule has 1 N–H and O–H groups in total. The monoisotopic (exact) mass is 377 g/mol. The Hall–Kier alpha value is -3.99. The molecule has 0 atom stereocenters. The van der Waals surface area contributed by atoms with Gasteiger partial charge in [-0.25, -0.2) is 9.07 Å². The van der Waals surface area contributed by atoms with Gasteiger partial charge in [0.15, 0.2) is 0 Å². The van der Waals surface area contributed by atoms with Crippen LogP contribution in [0.5, 0.6) is 0 Å². The van der Waals surface area contributed by atoms with Gasteiger partial charge < -0.3 is 0 Å². The van der Waals surface area contributed by atoms with Crippen LogP contribution in [0.1, 0.15) is 16.1 Å². The number of anilines is 1. The number of benzene rings is 2. The van der Waals surface area contributed by atoms with E-state index in [0.29, 0.717) is 11.4 Å². The number of hydrazone groups is 1. The fraction of sp³-hybridized carbons (Fsp3) is 0.100. The lowest BCUT2D eigenvalue weighted by Gasteiger charge is -2.07. The molecule has 0 bridgehead atoms. The van der Waals surface area contributed by atoms with E-state index >= 15 is 0 Å². The zero-order chi connectivity index (χ0) is 20.3. The van der Waals surface area contributed by atoms with Gasteiger partial charge in [-0.2, -0.15) is 10.4 Å². The molecule has 0 spiro atoms. The number of hydrogen-bond acceptors (Lipinski definition) is 5. The van der Waals surface area contributed by atoms with Crippen LogP contribution in [0, 0.1) is 24.1 Å². The number of aromatic nitrogens is 2. The van der Waals surface area contributed by atoms with Crippen LogP contribution in [-0.4, -0.2) is 20.9 Å². The first-order chi connectivity index (χ1) is 13.4. The first-order valence-corrected chi connectivity index (χ1v) is 8.32. The molecule has 28 heavy (non-hydrogen) atoms. The highest BCUT2D eigenvalue weighted by atomic mass is 19.1. The van der Waals surface area contributed by atoms with E-state index in [9.17, 15) is 19.2 Å². The molecule has 140 valence electrons. The average Bonchev–Trinajstić information content (AvgIpc) is 2.92. The standard InChI is InChI=1S/C20H16FN5O2/c1-13-18(20(28)26(25(13)2)16-6-4-3-5-7-16)24-23-17(12-22)19(27)14-8-10-15(21)11-9-14/h3-11,24H,1-2H3. The number of ketones is 1. The number of nitrogens with zero attached hydrogens (tertiary/aromatic N) is 4. The zero-order valence-corrected chi connectivity index (χ0v) is 15.2. The van der Waals surface area contributed by atoms with Crippen LogP contribution >= 0.6 is 0 Å². The molecule has 0 fully saturated rings. The minimum atomic E-state index is -0.674. The molecule has 0 amide bonds. The van der Waals surface area contributed by atoms with Gasteiger partial charge in [0.2, 0.25) is 11.5 Å². The number of carbonyl (C=O) groups is 1. The summed E-state index contributed by atoms with van der Waals surface area (Å²) in [5.41, 5.74) is 3.23. The third-order valence-corrected chi connectivity index (χ3v) is 4.26. The molecule has 0 saturated heterocycles. The quantitative estimate of drug-likeness (QED) is 0.420. The lowest BCUT2D eigenvalue weighted by Crippen LogP contribution is -2.21. The Balaban J connectivity index is 1.95. The van der Waals surface area contributed by atoms with Gasteiger partial charge in [0.25, 0.3) is 5.56 Å². The van der Waals surface area contributed by atoms with Gasteiger partial charge in [0.1, 0.15) is 17.6 Å². The van der Waals surface area contributed by atoms with E-state index in [1.807, 2.05) is 18.2 Å². The molecule has 1 aromatic heterocycles. The number of para-hydroxylation sites is 1. The Bertz CT molecular complexity index is 1150. The molecule has 3 aromatic rings. The smallest absolute Gasteiger partial charge is 0.286 e. The van der Waals surface area contributed by atoms with Crippen LogP contribution < -0.4 is 11.0 Å². The molecule has 0 radical (unpaired) electrons. The average molecular weight is 377 g/mol. The molecule has 7 nitrogen and oxygen atoms in total. The molecular formula is C20H16FN5O2. The second-order valence-electron chi connectivity index (χ2n) is 5.96. The lowest BCUT2D eigenvalue weighted by molar-refractivity contribution is 0.106. The van der Waals surface area contributed by atoms with Gasteiger partial charge >= 0.3 is 0 Å². The summed E-state index contributed by atoms with van der Waals surface area (Å²) in [5.74, 6) is -1.17. The molecule has 0 aliphatic heterocycles. The van der Waals surface area contributed by atoms with Crippen LogP contribution in [0.3, 0.4) is 0 Å². The maximum Gasteiger partial charge on any atom is 0.296 e. The zero-order valence-electron chi connectivity index (χ0n) is 15.2. The lowest BCUT2D eigenvalue weighted by atomic mass is 10.1. The molecule has 0 unspecified atom stereocenters. The van der Waals surface area contributed by atoms with Crippen molar-refractivity contribution in [3.8, 4) is 11.8 Å². The minimum Gasteiger partial charge on any atom is -0.286 e. The first kappa shape index (κ1) is 18.8. The largest absolute Gasteiger partial charge is 0.296 e. The Morgan fingerprint density at radius 1 is 1.14 bits per heavy atom. The van der Waals surface area contributed by atoms with Crippen molar-refractivity contribution in [1.82, 2.24) is 9.36 Å². The van der Waals surface area contributed by atoms with Gasteiger partial charge in [-0.3, -0.25) is 19.7 Å². The van der Waals surface area contributed by atoms with Gasteiger partial charge in [-0.1, -0.05) is 18.2 Å². The van der Waals surface area contributed by atoms with Crippen LogP contribution in [0.4, 0.5) is 10.1 Å². The third-order valence-electron chi connectivity index (χ3n) is 4.26. The predicted octanol–water partition coefficient (Wildman–Crippen LogP) is 2.80. The van der Waals surface area contributed by atoms with E-state index in [2.05, 4.69) is 10.5 Å². The molecule has 0 aliphatic carbocycles.